The van der Waals surface area contributed by atoms with Gasteiger partial charge in [-0.05, 0) is 52.0 Å². The summed E-state index contributed by atoms with van der Waals surface area (Å²) in [7, 11) is 0. The number of thioether (sulfide) groups is 1. The Kier molecular flexibility index (Phi) is 5.19. The van der Waals surface area contributed by atoms with E-state index in [-0.39, 0.29) is 17.2 Å². The predicted molar refractivity (Wildman–Crippen MR) is 111 cm³/mol. The molecular formula is C19H23N5OS2. The minimum Gasteiger partial charge on any atom is -0.310 e. The summed E-state index contributed by atoms with van der Waals surface area (Å²) in [5, 5.41) is 9.08. The Morgan fingerprint density at radius 1 is 1.26 bits per heavy atom. The van der Waals surface area contributed by atoms with E-state index in [1.165, 1.54) is 35.0 Å². The normalized spacial score (nSPS) is 15.1. The van der Waals surface area contributed by atoms with Crippen molar-refractivity contribution in [1.82, 2.24) is 19.7 Å². The third-order valence-corrected chi connectivity index (χ3v) is 7.09. The van der Waals surface area contributed by atoms with Crippen molar-refractivity contribution < 1.29 is 4.79 Å². The first-order valence-electron chi connectivity index (χ1n) is 9.31. The summed E-state index contributed by atoms with van der Waals surface area (Å²) in [4.78, 5) is 24.2. The summed E-state index contributed by atoms with van der Waals surface area (Å²) in [5.41, 5.74) is 1.40. The van der Waals surface area contributed by atoms with Gasteiger partial charge in [-0.1, -0.05) is 11.8 Å². The summed E-state index contributed by atoms with van der Waals surface area (Å²) in [6, 6.07) is 2.02. The van der Waals surface area contributed by atoms with Crippen LogP contribution < -0.4 is 5.32 Å². The van der Waals surface area contributed by atoms with Crippen LogP contribution in [0.15, 0.2) is 23.6 Å². The van der Waals surface area contributed by atoms with Crippen molar-refractivity contribution in [3.8, 4) is 0 Å². The number of hydrogen-bond donors (Lipinski definition) is 1. The maximum Gasteiger partial charge on any atom is 0.238 e. The highest BCUT2D eigenvalue weighted by Gasteiger charge is 2.23. The number of aromatic nitrogens is 4. The van der Waals surface area contributed by atoms with Gasteiger partial charge in [-0.15, -0.1) is 11.3 Å². The molecule has 1 atom stereocenters. The average Bonchev–Trinajstić information content (AvgIpc) is 3.26. The zero-order valence-electron chi connectivity index (χ0n) is 15.7. The largest absolute Gasteiger partial charge is 0.310 e. The average molecular weight is 402 g/mol. The van der Waals surface area contributed by atoms with E-state index in [9.17, 15) is 4.79 Å². The number of fused-ring (bicyclic) bond motifs is 3. The number of amides is 1. The van der Waals surface area contributed by atoms with Crippen molar-refractivity contribution in [2.24, 2.45) is 0 Å². The maximum absolute atomic E-state index is 12.7. The molecule has 1 amide bonds. The quantitative estimate of drug-likeness (QED) is 0.504. The number of thiophene rings is 1. The molecule has 1 aliphatic rings. The predicted octanol–water partition coefficient (Wildman–Crippen LogP) is 4.47. The van der Waals surface area contributed by atoms with E-state index in [0.717, 1.165) is 33.9 Å². The second kappa shape index (κ2) is 7.59. The van der Waals surface area contributed by atoms with Gasteiger partial charge >= 0.3 is 0 Å². The van der Waals surface area contributed by atoms with Crippen molar-refractivity contribution in [3.05, 3.63) is 29.0 Å². The van der Waals surface area contributed by atoms with Crippen LogP contribution in [0.1, 0.15) is 50.1 Å². The molecule has 0 aliphatic heterocycles. The van der Waals surface area contributed by atoms with Gasteiger partial charge in [0, 0.05) is 22.4 Å². The summed E-state index contributed by atoms with van der Waals surface area (Å²) < 4.78 is 1.81. The van der Waals surface area contributed by atoms with Gasteiger partial charge in [-0.25, -0.2) is 14.6 Å². The van der Waals surface area contributed by atoms with Crippen LogP contribution in [0.2, 0.25) is 0 Å². The highest BCUT2D eigenvalue weighted by molar-refractivity contribution is 8.00. The lowest BCUT2D eigenvalue weighted by Crippen LogP contribution is -2.24. The van der Waals surface area contributed by atoms with Crippen molar-refractivity contribution in [1.29, 1.82) is 0 Å². The lowest BCUT2D eigenvalue weighted by Gasteiger charge is -2.15. The molecule has 0 radical (unpaired) electrons. The minimum absolute atomic E-state index is 0.0433. The minimum atomic E-state index is -0.266. The van der Waals surface area contributed by atoms with Crippen molar-refractivity contribution >= 4 is 45.0 Å². The van der Waals surface area contributed by atoms with Crippen LogP contribution in [-0.4, -0.2) is 30.9 Å². The fraction of sp³-hybridized carbons (Fsp3) is 0.474. The fourth-order valence-corrected chi connectivity index (χ4v) is 5.66. The van der Waals surface area contributed by atoms with Gasteiger partial charge in [0.25, 0.3) is 0 Å². The third kappa shape index (κ3) is 3.60. The number of anilines is 1. The molecule has 0 bridgehead atoms. The maximum atomic E-state index is 12.7. The van der Waals surface area contributed by atoms with Crippen LogP contribution in [0.25, 0.3) is 10.2 Å². The van der Waals surface area contributed by atoms with Crippen LogP contribution in [0.3, 0.4) is 0 Å². The molecular weight excluding hydrogens is 378 g/mol. The van der Waals surface area contributed by atoms with E-state index >= 15 is 0 Å². The molecule has 0 saturated heterocycles. The summed E-state index contributed by atoms with van der Waals surface area (Å²) in [5.74, 6) is 0.682. The van der Waals surface area contributed by atoms with Crippen LogP contribution in [0.5, 0.6) is 0 Å². The summed E-state index contributed by atoms with van der Waals surface area (Å²) in [6.07, 6.45) is 8.01. The van der Waals surface area contributed by atoms with E-state index in [1.807, 2.05) is 31.5 Å². The monoisotopic (exact) mass is 401 g/mol. The molecule has 0 aromatic carbocycles. The number of nitrogens with zero attached hydrogens (tertiary/aromatic N) is 4. The van der Waals surface area contributed by atoms with Gasteiger partial charge in [-0.3, -0.25) is 4.79 Å². The first-order valence-corrected chi connectivity index (χ1v) is 11.0. The summed E-state index contributed by atoms with van der Waals surface area (Å²) >= 11 is 3.29. The van der Waals surface area contributed by atoms with Crippen LogP contribution in [0.4, 0.5) is 5.82 Å². The van der Waals surface area contributed by atoms with Crippen molar-refractivity contribution in [3.63, 3.8) is 0 Å². The molecule has 3 aromatic rings. The molecule has 0 unspecified atom stereocenters. The molecule has 142 valence electrons. The van der Waals surface area contributed by atoms with E-state index in [2.05, 4.69) is 20.4 Å². The van der Waals surface area contributed by atoms with E-state index < -0.39 is 0 Å². The molecule has 1 N–H and O–H groups in total. The number of nitrogens with one attached hydrogen (secondary N) is 1. The molecule has 0 fully saturated rings. The Morgan fingerprint density at radius 3 is 2.89 bits per heavy atom. The van der Waals surface area contributed by atoms with E-state index in [0.29, 0.717) is 0 Å². The fourth-order valence-electron chi connectivity index (χ4n) is 3.42. The SMILES string of the molecule is CC(C)n1nccc1NC(=O)[C@H](C)Sc1ncnc2sc3c(c12)CCCC3. The third-order valence-electron chi connectivity index (χ3n) is 4.78. The molecule has 6 nitrogen and oxygen atoms in total. The highest BCUT2D eigenvalue weighted by atomic mass is 32.2. The molecule has 1 aliphatic carbocycles. The molecule has 0 saturated carbocycles. The Balaban J connectivity index is 1.56. The van der Waals surface area contributed by atoms with Crippen LogP contribution in [0, 0.1) is 0 Å². The van der Waals surface area contributed by atoms with Gasteiger partial charge < -0.3 is 5.32 Å². The zero-order valence-corrected chi connectivity index (χ0v) is 17.4. The Morgan fingerprint density at radius 2 is 2.07 bits per heavy atom. The number of hydrogen-bond acceptors (Lipinski definition) is 6. The lowest BCUT2D eigenvalue weighted by atomic mass is 9.97. The zero-order chi connectivity index (χ0) is 19.0. The molecule has 3 aromatic heterocycles. The Bertz CT molecular complexity index is 978. The van der Waals surface area contributed by atoms with E-state index in [1.54, 1.807) is 23.9 Å². The summed E-state index contributed by atoms with van der Waals surface area (Å²) in [6.45, 7) is 6.00. The van der Waals surface area contributed by atoms with Crippen molar-refractivity contribution in [2.45, 2.75) is 62.8 Å². The van der Waals surface area contributed by atoms with Crippen LogP contribution in [-0.2, 0) is 17.6 Å². The highest BCUT2D eigenvalue weighted by Crippen LogP contribution is 2.40. The van der Waals surface area contributed by atoms with E-state index in [4.69, 9.17) is 0 Å². The van der Waals surface area contributed by atoms with Gasteiger partial charge in [0.2, 0.25) is 5.91 Å². The molecule has 3 heterocycles. The Labute approximate surface area is 166 Å². The van der Waals surface area contributed by atoms with Crippen LogP contribution >= 0.6 is 23.1 Å². The standard InChI is InChI=1S/C19H23N5OS2/c1-11(2)24-15(8-9-22-24)23-17(25)12(3)26-18-16-13-6-4-5-7-14(13)27-19(16)21-10-20-18/h8-12H,4-7H2,1-3H3,(H,23,25)/t12-/m0/s1. The molecule has 8 heteroatoms. The second-order valence-corrected chi connectivity index (χ2v) is 9.49. The smallest absolute Gasteiger partial charge is 0.238 e. The number of rotatable bonds is 5. The van der Waals surface area contributed by atoms with Gasteiger partial charge in [0.05, 0.1) is 11.4 Å². The molecule has 4 rings (SSSR count). The molecule has 0 spiro atoms. The number of carbonyl (C=O) groups is 1. The van der Waals surface area contributed by atoms with Gasteiger partial charge in [-0.2, -0.15) is 5.10 Å². The first-order chi connectivity index (χ1) is 13.0. The first kappa shape index (κ1) is 18.4. The topological polar surface area (TPSA) is 72.7 Å². The van der Waals surface area contributed by atoms with Crippen molar-refractivity contribution in [2.75, 3.05) is 5.32 Å². The lowest BCUT2D eigenvalue weighted by molar-refractivity contribution is -0.115. The molecule has 27 heavy (non-hydrogen) atoms. The Hall–Kier alpha value is -1.93. The number of carbonyl (C=O) groups excluding carboxylic acids is 1. The van der Waals surface area contributed by atoms with Gasteiger partial charge in [0.1, 0.15) is 22.0 Å². The number of aryl methyl sites for hydroxylation is 2. The second-order valence-electron chi connectivity index (χ2n) is 7.07. The van der Waals surface area contributed by atoms with Gasteiger partial charge in [0.15, 0.2) is 0 Å².